The number of hydrogen-bond acceptors (Lipinski definition) is 8. The molecule has 8 heteroatoms. The quantitative estimate of drug-likeness (QED) is 0.0259. The van der Waals surface area contributed by atoms with Gasteiger partial charge in [-0.25, -0.2) is 9.59 Å². The molecule has 0 aromatic carbocycles. The van der Waals surface area contributed by atoms with Crippen molar-refractivity contribution in [2.24, 2.45) is 0 Å². The predicted octanol–water partition coefficient (Wildman–Crippen LogP) is 18.6. The number of carbonyl (C=O) groups excluding carboxylic acids is 2. The summed E-state index contributed by atoms with van der Waals surface area (Å²) in [6.45, 7) is 4.58. The number of ether oxygens (including phenoxy) is 2. The number of aryl methyl sites for hydroxylation is 2. The third kappa shape index (κ3) is 17.6. The Balaban J connectivity index is 1.32. The van der Waals surface area contributed by atoms with Gasteiger partial charge in [-0.05, 0) is 49.0 Å². The van der Waals surface area contributed by atoms with Crippen molar-refractivity contribution in [3.05, 3.63) is 33.0 Å². The second-order valence-corrected chi connectivity index (χ2v) is 21.3. The van der Waals surface area contributed by atoms with Crippen molar-refractivity contribution in [1.29, 1.82) is 0 Å². The van der Waals surface area contributed by atoms with Gasteiger partial charge in [0, 0.05) is 21.9 Å². The highest BCUT2D eigenvalue weighted by molar-refractivity contribution is 7.44. The van der Waals surface area contributed by atoms with E-state index in [1.807, 2.05) is 57.5 Å². The van der Waals surface area contributed by atoms with Gasteiger partial charge in [0.2, 0.25) is 0 Å². The smallest absolute Gasteiger partial charge is 0.330 e. The highest BCUT2D eigenvalue weighted by Crippen LogP contribution is 2.53. The van der Waals surface area contributed by atoms with Gasteiger partial charge in [0.1, 0.15) is 0 Å². The molecule has 4 heterocycles. The SMILES string of the molecule is CCCCCCCCCCCCCCCCCc1c(/C=C/C(=O)OC)sc2c1sc1c3sc(/C=C/C(=O)OC)c(CCCCCCCCCCCCCCCCC)c3sc21. The van der Waals surface area contributed by atoms with E-state index in [1.54, 1.807) is 12.2 Å². The molecule has 4 aromatic heterocycles. The lowest BCUT2D eigenvalue weighted by Crippen LogP contribution is -1.93. The molecule has 0 bridgehead atoms. The molecule has 336 valence electrons. The minimum atomic E-state index is -0.303. The zero-order valence-electron chi connectivity index (χ0n) is 38.2. The van der Waals surface area contributed by atoms with Gasteiger partial charge in [0.15, 0.2) is 0 Å². The number of thiophene rings is 4. The van der Waals surface area contributed by atoms with E-state index in [0.717, 1.165) is 12.8 Å². The van der Waals surface area contributed by atoms with E-state index < -0.39 is 0 Å². The van der Waals surface area contributed by atoms with Crippen LogP contribution in [0.1, 0.15) is 227 Å². The molecule has 0 aliphatic carbocycles. The summed E-state index contributed by atoms with van der Waals surface area (Å²) in [5.41, 5.74) is 2.79. The molecular formula is C52H80O4S4. The zero-order valence-corrected chi connectivity index (χ0v) is 41.5. The maximum Gasteiger partial charge on any atom is 0.330 e. The molecule has 0 aliphatic rings. The number of unbranched alkanes of at least 4 members (excludes halogenated alkanes) is 28. The summed E-state index contributed by atoms with van der Waals surface area (Å²) < 4.78 is 18.2. The monoisotopic (exact) mass is 896 g/mol. The van der Waals surface area contributed by atoms with Crippen LogP contribution in [0.2, 0.25) is 0 Å². The summed E-state index contributed by atoms with van der Waals surface area (Å²) in [6, 6.07) is 0. The molecule has 0 saturated carbocycles. The fourth-order valence-electron chi connectivity index (χ4n) is 8.56. The van der Waals surface area contributed by atoms with Crippen LogP contribution in [0.3, 0.4) is 0 Å². The van der Waals surface area contributed by atoms with Crippen LogP contribution in [0.25, 0.3) is 40.4 Å². The first-order chi connectivity index (χ1) is 29.5. The van der Waals surface area contributed by atoms with Gasteiger partial charge in [0.05, 0.1) is 42.4 Å². The molecule has 0 spiro atoms. The molecule has 0 fully saturated rings. The highest BCUT2D eigenvalue weighted by atomic mass is 32.1. The maximum atomic E-state index is 12.2. The Bertz CT molecular complexity index is 1700. The minimum absolute atomic E-state index is 0.303. The Labute approximate surface area is 381 Å². The molecule has 0 amide bonds. The lowest BCUT2D eigenvalue weighted by molar-refractivity contribution is -0.135. The number of methoxy groups -OCH3 is 2. The van der Waals surface area contributed by atoms with E-state index >= 15 is 0 Å². The molecule has 4 nitrogen and oxygen atoms in total. The third-order valence-corrected chi connectivity index (χ3v) is 17.8. The average Bonchev–Trinajstić information content (AvgIpc) is 3.99. The van der Waals surface area contributed by atoms with Gasteiger partial charge >= 0.3 is 11.9 Å². The Morgan fingerprint density at radius 3 is 0.883 bits per heavy atom. The van der Waals surface area contributed by atoms with E-state index in [9.17, 15) is 9.59 Å². The standard InChI is InChI=1S/C52H80O4S4/c1-5-7-9-11-13-15-17-19-21-23-25-27-29-31-33-35-41-43(37-39-45(53)55-3)57-49-47(41)59-52-50-48(60-51(49)52)42(44(58-50)38-40-46(54)56-4)36-34-32-30-28-26-24-22-20-18-16-14-12-10-8-6-2/h37-40H,5-36H2,1-4H3/b39-37+,40-38+. The summed E-state index contributed by atoms with van der Waals surface area (Å²) in [4.78, 5) is 26.7. The van der Waals surface area contributed by atoms with E-state index in [0.29, 0.717) is 0 Å². The molecule has 4 rings (SSSR count). The van der Waals surface area contributed by atoms with Crippen LogP contribution in [0, 0.1) is 0 Å². The van der Waals surface area contributed by atoms with Crippen LogP contribution in [-0.2, 0) is 31.9 Å². The van der Waals surface area contributed by atoms with Crippen molar-refractivity contribution in [3.8, 4) is 0 Å². The molecule has 0 N–H and O–H groups in total. The predicted molar refractivity (Wildman–Crippen MR) is 270 cm³/mol. The number of rotatable bonds is 36. The first-order valence-electron chi connectivity index (χ1n) is 24.5. The number of esters is 2. The molecule has 0 saturated heterocycles. The number of fused-ring (bicyclic) bond motifs is 5. The van der Waals surface area contributed by atoms with E-state index in [1.165, 1.54) is 256 Å². The molecule has 0 radical (unpaired) electrons. The van der Waals surface area contributed by atoms with E-state index in [-0.39, 0.29) is 11.9 Å². The summed E-state index contributed by atoms with van der Waals surface area (Å²) in [5.74, 6) is -0.607. The molecule has 0 unspecified atom stereocenters. The van der Waals surface area contributed by atoms with Crippen molar-refractivity contribution < 1.29 is 19.1 Å². The topological polar surface area (TPSA) is 52.6 Å². The van der Waals surface area contributed by atoms with Crippen LogP contribution in [0.4, 0.5) is 0 Å². The summed E-state index contributed by atoms with van der Waals surface area (Å²) in [7, 11) is 2.90. The van der Waals surface area contributed by atoms with Crippen molar-refractivity contribution in [1.82, 2.24) is 0 Å². The van der Waals surface area contributed by atoms with E-state index in [2.05, 4.69) is 13.8 Å². The Kier molecular flexibility index (Phi) is 26.1. The molecule has 0 atom stereocenters. The first kappa shape index (κ1) is 50.6. The molecule has 4 aromatic rings. The lowest BCUT2D eigenvalue weighted by Gasteiger charge is -2.04. The van der Waals surface area contributed by atoms with Crippen molar-refractivity contribution in [2.45, 2.75) is 219 Å². The second-order valence-electron chi connectivity index (χ2n) is 17.2. The Morgan fingerprint density at radius 2 is 0.617 bits per heavy atom. The van der Waals surface area contributed by atoms with Crippen molar-refractivity contribution in [2.75, 3.05) is 14.2 Å². The van der Waals surface area contributed by atoms with Crippen molar-refractivity contribution in [3.63, 3.8) is 0 Å². The van der Waals surface area contributed by atoms with Gasteiger partial charge in [-0.3, -0.25) is 0 Å². The number of hydrogen-bond donors (Lipinski definition) is 0. The summed E-state index contributed by atoms with van der Waals surface area (Å²) in [6.07, 6.45) is 50.2. The summed E-state index contributed by atoms with van der Waals surface area (Å²) >= 11 is 7.56. The van der Waals surface area contributed by atoms with Crippen LogP contribution in [0.15, 0.2) is 12.2 Å². The number of carbonyl (C=O) groups is 2. The van der Waals surface area contributed by atoms with Crippen molar-refractivity contribution >= 4 is 97.6 Å². The second kappa shape index (κ2) is 30.9. The molecular weight excluding hydrogens is 817 g/mol. The maximum absolute atomic E-state index is 12.2. The van der Waals surface area contributed by atoms with Gasteiger partial charge < -0.3 is 9.47 Å². The highest BCUT2D eigenvalue weighted by Gasteiger charge is 2.23. The fourth-order valence-corrected chi connectivity index (χ4v) is 14.6. The average molecular weight is 897 g/mol. The van der Waals surface area contributed by atoms with Crippen LogP contribution in [0.5, 0.6) is 0 Å². The first-order valence-corrected chi connectivity index (χ1v) is 27.7. The van der Waals surface area contributed by atoms with Crippen LogP contribution in [-0.4, -0.2) is 26.2 Å². The minimum Gasteiger partial charge on any atom is -0.466 e. The van der Waals surface area contributed by atoms with Gasteiger partial charge in [-0.15, -0.1) is 45.3 Å². The Hall–Kier alpha value is -2.00. The Morgan fingerprint density at radius 1 is 0.367 bits per heavy atom. The van der Waals surface area contributed by atoms with Gasteiger partial charge in [0.25, 0.3) is 0 Å². The van der Waals surface area contributed by atoms with Crippen LogP contribution >= 0.6 is 45.3 Å². The molecule has 60 heavy (non-hydrogen) atoms. The normalized spacial score (nSPS) is 12.1. The summed E-state index contributed by atoms with van der Waals surface area (Å²) in [5, 5.41) is 0. The zero-order chi connectivity index (χ0) is 42.6. The largest absolute Gasteiger partial charge is 0.466 e. The van der Waals surface area contributed by atoms with Gasteiger partial charge in [-0.2, -0.15) is 0 Å². The van der Waals surface area contributed by atoms with Gasteiger partial charge in [-0.1, -0.05) is 194 Å². The van der Waals surface area contributed by atoms with E-state index in [4.69, 9.17) is 9.47 Å². The fraction of sp³-hybridized carbons (Fsp3) is 0.692. The third-order valence-electron chi connectivity index (χ3n) is 12.2. The molecule has 0 aliphatic heterocycles. The van der Waals surface area contributed by atoms with Crippen LogP contribution < -0.4 is 0 Å². The lowest BCUT2D eigenvalue weighted by atomic mass is 10.0.